The van der Waals surface area contributed by atoms with Gasteiger partial charge in [-0.2, -0.15) is 0 Å². The molecule has 0 spiro atoms. The molecule has 0 aromatic rings. The van der Waals surface area contributed by atoms with E-state index in [0.717, 1.165) is 38.5 Å². The Kier molecular flexibility index (Phi) is 37.8. The van der Waals surface area contributed by atoms with Gasteiger partial charge in [0.2, 0.25) is 5.91 Å². The van der Waals surface area contributed by atoms with Gasteiger partial charge >= 0.3 is 7.82 Å². The molecule has 0 aromatic carbocycles. The van der Waals surface area contributed by atoms with Crippen LogP contribution in [0.2, 0.25) is 0 Å². The predicted octanol–water partition coefficient (Wildman–Crippen LogP) is 10.6. The van der Waals surface area contributed by atoms with Crippen molar-refractivity contribution < 1.29 is 53.9 Å². The van der Waals surface area contributed by atoms with E-state index in [0.29, 0.717) is 19.3 Å². The van der Waals surface area contributed by atoms with Gasteiger partial charge in [-0.15, -0.1) is 0 Å². The fourth-order valence-electron chi connectivity index (χ4n) is 8.67. The number of hydrogen-bond acceptors (Lipinski definition) is 10. The van der Waals surface area contributed by atoms with Crippen molar-refractivity contribution in [1.29, 1.82) is 0 Å². The van der Waals surface area contributed by atoms with E-state index in [-0.39, 0.29) is 12.3 Å². The van der Waals surface area contributed by atoms with Gasteiger partial charge in [-0.1, -0.05) is 232 Å². The molecule has 9 atom stereocenters. The number of carbonyl (C=O) groups excluding carboxylic acids is 1. The van der Waals surface area contributed by atoms with Crippen LogP contribution in [0.1, 0.15) is 251 Å². The maximum absolute atomic E-state index is 13.0. The maximum atomic E-state index is 13.0. The van der Waals surface area contributed by atoms with E-state index >= 15 is 0 Å². The molecule has 1 amide bonds. The number of nitrogens with one attached hydrogen (secondary N) is 1. The Morgan fingerprint density at radius 1 is 0.484 bits per heavy atom. The van der Waals surface area contributed by atoms with Crippen molar-refractivity contribution in [3.63, 3.8) is 0 Å². The fraction of sp³-hybridized carbons (Fsp3) is 0.980. The summed E-state index contributed by atoms with van der Waals surface area (Å²) in [4.78, 5) is 23.5. The van der Waals surface area contributed by atoms with Crippen LogP contribution >= 0.6 is 7.82 Å². The van der Waals surface area contributed by atoms with Gasteiger partial charge in [0, 0.05) is 6.42 Å². The second kappa shape index (κ2) is 39.5. The molecule has 1 rings (SSSR count). The zero-order valence-corrected chi connectivity index (χ0v) is 40.6. The van der Waals surface area contributed by atoms with Crippen molar-refractivity contribution >= 4 is 13.7 Å². The third kappa shape index (κ3) is 30.5. The molecule has 0 bridgehead atoms. The highest BCUT2D eigenvalue weighted by Gasteiger charge is 2.51. The summed E-state index contributed by atoms with van der Waals surface area (Å²) in [5, 5.41) is 64.3. The van der Waals surface area contributed by atoms with Crippen molar-refractivity contribution in [2.75, 3.05) is 6.61 Å². The first-order chi connectivity index (χ1) is 29.9. The summed E-state index contributed by atoms with van der Waals surface area (Å²) in [6, 6.07) is -1.03. The van der Waals surface area contributed by atoms with Crippen LogP contribution in [0.15, 0.2) is 0 Å². The van der Waals surface area contributed by atoms with E-state index in [2.05, 4.69) is 19.2 Å². The fourth-order valence-corrected chi connectivity index (χ4v) is 9.64. The number of phosphoric ester groups is 1. The van der Waals surface area contributed by atoms with Crippen LogP contribution in [0.5, 0.6) is 0 Å². The van der Waals surface area contributed by atoms with Crippen LogP contribution in [0.4, 0.5) is 0 Å². The molecule has 1 saturated carbocycles. The summed E-state index contributed by atoms with van der Waals surface area (Å²) in [5.74, 6) is -0.302. The lowest BCUT2D eigenvalue weighted by Gasteiger charge is -2.41. The van der Waals surface area contributed by atoms with Crippen molar-refractivity contribution in [1.82, 2.24) is 5.32 Å². The number of unbranched alkanes of at least 4 members (excludes halogenated alkanes) is 33. The van der Waals surface area contributed by atoms with Crippen molar-refractivity contribution in [3.05, 3.63) is 0 Å². The molecule has 0 saturated heterocycles. The molecular formula is C49H98NO11P. The van der Waals surface area contributed by atoms with Crippen LogP contribution in [0.25, 0.3) is 0 Å². The molecule has 1 fully saturated rings. The van der Waals surface area contributed by atoms with E-state index in [1.807, 2.05) is 0 Å². The van der Waals surface area contributed by atoms with Crippen LogP contribution < -0.4 is 5.32 Å². The van der Waals surface area contributed by atoms with E-state index in [9.17, 15) is 44.9 Å². The standard InChI is InChI=1S/C49H98NO11P/c1-3-5-7-9-11-13-15-17-19-20-21-22-23-25-27-29-31-33-35-37-39-43(52)50-41(40-60-62(58,59)61-49-47(56)45(54)44(53)46(55)48(49)57)42(51)38-36-34-32-30-28-26-24-18-16-14-12-10-8-6-4-2/h41-42,44-49,51,53-57H,3-40H2,1-2H3,(H,50,52)(H,58,59)/t41-,42+,44?,45+,46?,47?,48?,49?/m0/s1. The maximum Gasteiger partial charge on any atom is 0.472 e. The van der Waals surface area contributed by atoms with Crippen molar-refractivity contribution in [2.24, 2.45) is 0 Å². The number of aliphatic hydroxyl groups is 6. The topological polar surface area (TPSA) is 206 Å². The monoisotopic (exact) mass is 908 g/mol. The molecule has 0 aliphatic heterocycles. The summed E-state index contributed by atoms with van der Waals surface area (Å²) < 4.78 is 23.0. The van der Waals surface area contributed by atoms with Crippen molar-refractivity contribution in [2.45, 2.75) is 300 Å². The number of aliphatic hydroxyl groups excluding tert-OH is 6. The minimum atomic E-state index is -5.05. The van der Waals surface area contributed by atoms with Gasteiger partial charge in [0.25, 0.3) is 0 Å². The third-order valence-corrected chi connectivity index (χ3v) is 13.9. The lowest BCUT2D eigenvalue weighted by atomic mass is 9.85. The van der Waals surface area contributed by atoms with Gasteiger partial charge in [-0.3, -0.25) is 13.8 Å². The first-order valence-electron chi connectivity index (χ1n) is 26.0. The third-order valence-electron chi connectivity index (χ3n) is 12.9. The van der Waals surface area contributed by atoms with Crippen LogP contribution in [0, 0.1) is 0 Å². The molecule has 13 heteroatoms. The average molecular weight is 908 g/mol. The molecule has 8 N–H and O–H groups in total. The second-order valence-corrected chi connectivity index (χ2v) is 20.1. The molecule has 0 heterocycles. The smallest absolute Gasteiger partial charge is 0.391 e. The normalized spacial score (nSPS) is 22.4. The molecule has 12 nitrogen and oxygen atoms in total. The minimum absolute atomic E-state index is 0.243. The summed E-state index contributed by atoms with van der Waals surface area (Å²) in [7, 11) is -5.05. The summed E-state index contributed by atoms with van der Waals surface area (Å²) >= 11 is 0. The van der Waals surface area contributed by atoms with Gasteiger partial charge in [-0.25, -0.2) is 4.57 Å². The van der Waals surface area contributed by atoms with E-state index in [1.165, 1.54) is 173 Å². The Morgan fingerprint density at radius 3 is 1.11 bits per heavy atom. The zero-order valence-electron chi connectivity index (χ0n) is 39.7. The first-order valence-corrected chi connectivity index (χ1v) is 27.5. The Bertz CT molecular complexity index is 1060. The average Bonchev–Trinajstić information content (AvgIpc) is 3.25. The summed E-state index contributed by atoms with van der Waals surface area (Å²) in [6.07, 6.45) is 31.3. The van der Waals surface area contributed by atoms with Gasteiger partial charge in [0.05, 0.1) is 18.8 Å². The summed E-state index contributed by atoms with van der Waals surface area (Å²) in [6.45, 7) is 3.92. The summed E-state index contributed by atoms with van der Waals surface area (Å²) in [5.41, 5.74) is 0. The van der Waals surface area contributed by atoms with E-state index in [1.54, 1.807) is 0 Å². The van der Waals surface area contributed by atoms with Crippen LogP contribution in [-0.4, -0.2) is 96.8 Å². The molecule has 370 valence electrons. The molecule has 0 radical (unpaired) electrons. The number of carbonyl (C=O) groups is 1. The molecule has 62 heavy (non-hydrogen) atoms. The number of phosphoric acid groups is 1. The first kappa shape index (κ1) is 59.4. The molecule has 1 aliphatic rings. The number of rotatable bonds is 44. The SMILES string of the molecule is CCCCCCCCCCCCCCCCCCCCCCC(=O)N[C@@H](COP(=O)(O)OC1C(O)C(O)C(O)[C@@H](O)C1O)[C@H](O)CCCCCCCCCCCCCCCCC. The predicted molar refractivity (Wildman–Crippen MR) is 251 cm³/mol. The Balaban J connectivity index is 2.38. The van der Waals surface area contributed by atoms with Crippen LogP contribution in [0.3, 0.4) is 0 Å². The lowest BCUT2D eigenvalue weighted by molar-refractivity contribution is -0.220. The zero-order chi connectivity index (χ0) is 45.7. The highest BCUT2D eigenvalue weighted by molar-refractivity contribution is 7.47. The van der Waals surface area contributed by atoms with Crippen LogP contribution in [-0.2, 0) is 18.4 Å². The van der Waals surface area contributed by atoms with E-state index in [4.69, 9.17) is 9.05 Å². The van der Waals surface area contributed by atoms with Gasteiger partial charge in [-0.05, 0) is 12.8 Å². The molecular weight excluding hydrogens is 810 g/mol. The molecule has 0 aromatic heterocycles. The number of hydrogen-bond donors (Lipinski definition) is 8. The van der Waals surface area contributed by atoms with Gasteiger partial charge in [0.15, 0.2) is 0 Å². The van der Waals surface area contributed by atoms with Gasteiger partial charge in [0.1, 0.15) is 36.6 Å². The lowest BCUT2D eigenvalue weighted by Crippen LogP contribution is -2.64. The Morgan fingerprint density at radius 2 is 0.774 bits per heavy atom. The molecule has 1 aliphatic carbocycles. The minimum Gasteiger partial charge on any atom is -0.391 e. The Hall–Kier alpha value is -0.660. The van der Waals surface area contributed by atoms with Gasteiger partial charge < -0.3 is 40.8 Å². The van der Waals surface area contributed by atoms with E-state index < -0.39 is 63.2 Å². The second-order valence-electron chi connectivity index (χ2n) is 18.7. The largest absolute Gasteiger partial charge is 0.472 e. The number of amides is 1. The highest BCUT2D eigenvalue weighted by Crippen LogP contribution is 2.47. The Labute approximate surface area is 378 Å². The highest BCUT2D eigenvalue weighted by atomic mass is 31.2. The molecule has 6 unspecified atom stereocenters. The van der Waals surface area contributed by atoms with Crippen molar-refractivity contribution in [3.8, 4) is 0 Å². The quantitative estimate of drug-likeness (QED) is 0.0213.